The van der Waals surface area contributed by atoms with E-state index in [0.29, 0.717) is 0 Å². The first-order valence-corrected chi connectivity index (χ1v) is 4.30. The molecule has 3 nitrogen and oxygen atoms in total. The van der Waals surface area contributed by atoms with Gasteiger partial charge in [0.1, 0.15) is 7.85 Å². The number of hydrogen-bond donors (Lipinski definition) is 2. The van der Waals surface area contributed by atoms with Crippen LogP contribution in [0.15, 0.2) is 6.07 Å². The Morgan fingerprint density at radius 2 is 1.92 bits per heavy atom. The fourth-order valence-corrected chi connectivity index (χ4v) is 1.57. The van der Waals surface area contributed by atoms with Crippen LogP contribution in [0.2, 0.25) is 0 Å². The van der Waals surface area contributed by atoms with Crippen molar-refractivity contribution in [2.75, 3.05) is 17.8 Å². The van der Waals surface area contributed by atoms with Gasteiger partial charge in [0, 0.05) is 7.05 Å². The Kier molecular flexibility index (Phi) is 2.52. The molecule has 0 heterocycles. The second-order valence-corrected chi connectivity index (χ2v) is 3.51. The number of aryl methyl sites for hydroxylation is 1. The summed E-state index contributed by atoms with van der Waals surface area (Å²) in [4.78, 5) is 0. The van der Waals surface area contributed by atoms with Gasteiger partial charge >= 0.3 is 0 Å². The summed E-state index contributed by atoms with van der Waals surface area (Å²) >= 11 is 0. The average molecular weight is 177 g/mol. The SMILES string of the molecule is Bc1cc(C)c(N(C)N)c(N)c1C. The van der Waals surface area contributed by atoms with Crippen molar-refractivity contribution in [2.45, 2.75) is 13.8 Å². The van der Waals surface area contributed by atoms with Crippen LogP contribution in [0.1, 0.15) is 11.1 Å². The summed E-state index contributed by atoms with van der Waals surface area (Å²) < 4.78 is 0. The molecule has 1 rings (SSSR count). The van der Waals surface area contributed by atoms with E-state index in [9.17, 15) is 0 Å². The minimum absolute atomic E-state index is 0.780. The number of benzene rings is 1. The van der Waals surface area contributed by atoms with Crippen LogP contribution in [0.25, 0.3) is 0 Å². The van der Waals surface area contributed by atoms with Crippen LogP contribution in [0, 0.1) is 13.8 Å². The first kappa shape index (κ1) is 9.93. The van der Waals surface area contributed by atoms with Crippen LogP contribution in [0.4, 0.5) is 11.4 Å². The highest BCUT2D eigenvalue weighted by molar-refractivity contribution is 6.34. The Hall–Kier alpha value is -1.16. The third kappa shape index (κ3) is 1.63. The maximum Gasteiger partial charge on any atom is 0.139 e. The fraction of sp³-hybridized carbons (Fsp3) is 0.333. The van der Waals surface area contributed by atoms with Gasteiger partial charge in [0.25, 0.3) is 0 Å². The van der Waals surface area contributed by atoms with Crippen molar-refractivity contribution < 1.29 is 0 Å². The maximum absolute atomic E-state index is 5.96. The minimum atomic E-state index is 0.780. The molecule has 0 fully saturated rings. The molecular formula is C9H16BN3. The van der Waals surface area contributed by atoms with E-state index in [0.717, 1.165) is 22.5 Å². The molecule has 0 saturated heterocycles. The molecule has 1 aromatic carbocycles. The smallest absolute Gasteiger partial charge is 0.139 e. The normalized spacial score (nSPS) is 10.2. The number of hydrogen-bond acceptors (Lipinski definition) is 3. The molecule has 70 valence electrons. The number of nitrogen functional groups attached to an aromatic ring is 1. The van der Waals surface area contributed by atoms with Gasteiger partial charge in [-0.15, -0.1) is 0 Å². The van der Waals surface area contributed by atoms with E-state index in [1.54, 1.807) is 12.1 Å². The Morgan fingerprint density at radius 1 is 1.38 bits per heavy atom. The zero-order valence-electron chi connectivity index (χ0n) is 8.68. The summed E-state index contributed by atoms with van der Waals surface area (Å²) in [6, 6.07) is 2.10. The predicted octanol–water partition coefficient (Wildman–Crippen LogP) is -0.546. The molecule has 4 N–H and O–H groups in total. The van der Waals surface area contributed by atoms with Gasteiger partial charge in [0.2, 0.25) is 0 Å². The number of nitrogens with two attached hydrogens (primary N) is 2. The van der Waals surface area contributed by atoms with Gasteiger partial charge in [-0.3, -0.25) is 0 Å². The van der Waals surface area contributed by atoms with Gasteiger partial charge < -0.3 is 10.7 Å². The molecule has 0 unspecified atom stereocenters. The molecule has 1 aromatic rings. The second-order valence-electron chi connectivity index (χ2n) is 3.51. The summed E-state index contributed by atoms with van der Waals surface area (Å²) in [6.07, 6.45) is 0. The van der Waals surface area contributed by atoms with Crippen LogP contribution in [0.5, 0.6) is 0 Å². The van der Waals surface area contributed by atoms with Crippen LogP contribution >= 0.6 is 0 Å². The van der Waals surface area contributed by atoms with Crippen molar-refractivity contribution in [1.82, 2.24) is 0 Å². The summed E-state index contributed by atoms with van der Waals surface area (Å²) in [5.41, 5.74) is 11.1. The summed E-state index contributed by atoms with van der Waals surface area (Å²) in [5.74, 6) is 5.69. The van der Waals surface area contributed by atoms with Crippen molar-refractivity contribution in [2.24, 2.45) is 5.84 Å². The molecule has 0 atom stereocenters. The van der Waals surface area contributed by atoms with Crippen molar-refractivity contribution in [3.63, 3.8) is 0 Å². The quantitative estimate of drug-likeness (QED) is 0.262. The average Bonchev–Trinajstić information content (AvgIpc) is 1.99. The summed E-state index contributed by atoms with van der Waals surface area (Å²) in [5, 5.41) is 1.57. The van der Waals surface area contributed by atoms with E-state index in [-0.39, 0.29) is 0 Å². The highest BCUT2D eigenvalue weighted by Crippen LogP contribution is 2.26. The molecule has 0 aromatic heterocycles. The predicted molar refractivity (Wildman–Crippen MR) is 61.1 cm³/mol. The standard InChI is InChI=1S/C9H16BN3/c1-5-4-7(10)6(2)8(11)9(5)13(3)12/h4H,10-12H2,1-3H3. The van der Waals surface area contributed by atoms with E-state index in [4.69, 9.17) is 11.6 Å². The van der Waals surface area contributed by atoms with E-state index in [1.807, 2.05) is 13.8 Å². The molecular weight excluding hydrogens is 161 g/mol. The Labute approximate surface area is 80.1 Å². The molecule has 0 amide bonds. The first-order chi connectivity index (χ1) is 5.95. The number of rotatable bonds is 1. The van der Waals surface area contributed by atoms with Crippen molar-refractivity contribution >= 4 is 24.7 Å². The van der Waals surface area contributed by atoms with Crippen LogP contribution in [0.3, 0.4) is 0 Å². The lowest BCUT2D eigenvalue weighted by Gasteiger charge is -2.20. The largest absolute Gasteiger partial charge is 0.397 e. The van der Waals surface area contributed by atoms with E-state index < -0.39 is 0 Å². The molecule has 0 spiro atoms. The third-order valence-corrected chi connectivity index (χ3v) is 2.41. The summed E-state index contributed by atoms with van der Waals surface area (Å²) in [7, 11) is 3.85. The van der Waals surface area contributed by atoms with Gasteiger partial charge in [-0.2, -0.15) is 0 Å². The molecule has 0 bridgehead atoms. The Bertz CT molecular complexity index is 334. The lowest BCUT2D eigenvalue weighted by molar-refractivity contribution is 1.01. The minimum Gasteiger partial charge on any atom is -0.397 e. The summed E-state index contributed by atoms with van der Waals surface area (Å²) in [6.45, 7) is 4.03. The van der Waals surface area contributed by atoms with Crippen molar-refractivity contribution in [3.05, 3.63) is 17.2 Å². The number of anilines is 2. The number of hydrazine groups is 1. The molecule has 0 aliphatic rings. The Morgan fingerprint density at radius 3 is 2.38 bits per heavy atom. The van der Waals surface area contributed by atoms with Crippen LogP contribution in [-0.2, 0) is 0 Å². The van der Waals surface area contributed by atoms with Gasteiger partial charge in [-0.1, -0.05) is 11.5 Å². The lowest BCUT2D eigenvalue weighted by Crippen LogP contribution is -2.28. The van der Waals surface area contributed by atoms with Crippen molar-refractivity contribution in [1.29, 1.82) is 0 Å². The zero-order chi connectivity index (χ0) is 10.2. The maximum atomic E-state index is 5.96. The third-order valence-electron chi connectivity index (χ3n) is 2.41. The molecule has 0 aliphatic carbocycles. The first-order valence-electron chi connectivity index (χ1n) is 4.30. The van der Waals surface area contributed by atoms with E-state index >= 15 is 0 Å². The zero-order valence-corrected chi connectivity index (χ0v) is 8.68. The fourth-order valence-electron chi connectivity index (χ4n) is 1.57. The highest BCUT2D eigenvalue weighted by Gasteiger charge is 2.09. The van der Waals surface area contributed by atoms with Crippen molar-refractivity contribution in [3.8, 4) is 0 Å². The molecule has 0 radical (unpaired) electrons. The lowest BCUT2D eigenvalue weighted by atomic mass is 9.88. The Balaban J connectivity index is 3.44. The second kappa shape index (κ2) is 3.30. The number of nitrogens with zero attached hydrogens (tertiary/aromatic N) is 1. The van der Waals surface area contributed by atoms with Gasteiger partial charge in [-0.05, 0) is 25.0 Å². The molecule has 13 heavy (non-hydrogen) atoms. The van der Waals surface area contributed by atoms with Crippen LogP contribution in [-0.4, -0.2) is 14.9 Å². The van der Waals surface area contributed by atoms with Gasteiger partial charge in [-0.25, -0.2) is 5.84 Å². The molecule has 0 saturated carbocycles. The molecule has 0 aliphatic heterocycles. The highest BCUT2D eigenvalue weighted by atomic mass is 15.4. The van der Waals surface area contributed by atoms with Gasteiger partial charge in [0.05, 0.1) is 11.4 Å². The van der Waals surface area contributed by atoms with E-state index in [1.165, 1.54) is 5.46 Å². The van der Waals surface area contributed by atoms with Crippen LogP contribution < -0.4 is 22.0 Å². The van der Waals surface area contributed by atoms with Gasteiger partial charge in [0.15, 0.2) is 0 Å². The monoisotopic (exact) mass is 177 g/mol. The van der Waals surface area contributed by atoms with E-state index in [2.05, 4.69) is 13.9 Å². The topological polar surface area (TPSA) is 55.3 Å². The molecule has 4 heteroatoms.